The first kappa shape index (κ1) is 11.7. The maximum atomic E-state index is 10.9. The summed E-state index contributed by atoms with van der Waals surface area (Å²) in [5.41, 5.74) is 3.14. The summed E-state index contributed by atoms with van der Waals surface area (Å²) in [5.74, 6) is -0.272. The van der Waals surface area contributed by atoms with Crippen LogP contribution < -0.4 is 5.48 Å². The van der Waals surface area contributed by atoms with Gasteiger partial charge in [0, 0.05) is 6.42 Å². The van der Waals surface area contributed by atoms with Crippen LogP contribution in [0.2, 0.25) is 0 Å². The van der Waals surface area contributed by atoms with Gasteiger partial charge in [-0.15, -0.1) is 0 Å². The summed E-state index contributed by atoms with van der Waals surface area (Å²) in [4.78, 5) is 10.9. The van der Waals surface area contributed by atoms with Crippen molar-refractivity contribution in [3.05, 3.63) is 35.9 Å². The molecule has 0 saturated carbocycles. The summed E-state index contributed by atoms with van der Waals surface area (Å²) in [6.07, 6.45) is 0.788. The average molecular weight is 209 g/mol. The molecule has 4 nitrogen and oxygen atoms in total. The number of methoxy groups -OCH3 is 1. The quantitative estimate of drug-likeness (QED) is 0.572. The lowest BCUT2D eigenvalue weighted by molar-refractivity contribution is -0.140. The van der Waals surface area contributed by atoms with Crippen molar-refractivity contribution in [1.29, 1.82) is 0 Å². The molecule has 0 fully saturated rings. The van der Waals surface area contributed by atoms with Gasteiger partial charge >= 0.3 is 5.97 Å². The van der Waals surface area contributed by atoms with E-state index in [1.165, 1.54) is 7.11 Å². The van der Waals surface area contributed by atoms with Gasteiger partial charge in [0.25, 0.3) is 0 Å². The highest BCUT2D eigenvalue weighted by Gasteiger charge is 2.11. The van der Waals surface area contributed by atoms with Crippen LogP contribution in [0.4, 0.5) is 0 Å². The third kappa shape index (κ3) is 3.69. The van der Waals surface area contributed by atoms with E-state index in [1.54, 1.807) is 0 Å². The molecule has 0 bridgehead atoms. The van der Waals surface area contributed by atoms with Crippen LogP contribution in [0.1, 0.15) is 24.4 Å². The van der Waals surface area contributed by atoms with Crippen LogP contribution in [0.15, 0.2) is 30.3 Å². The highest BCUT2D eigenvalue weighted by atomic mass is 16.5. The smallest absolute Gasteiger partial charge is 0.305 e. The fraction of sp³-hybridized carbons (Fsp3) is 0.364. The van der Waals surface area contributed by atoms with Crippen LogP contribution in [0.5, 0.6) is 0 Å². The van der Waals surface area contributed by atoms with Crippen molar-refractivity contribution in [2.24, 2.45) is 0 Å². The number of hydroxylamine groups is 1. The molecule has 82 valence electrons. The predicted octanol–water partition coefficient (Wildman–Crippen LogP) is 1.66. The molecule has 0 amide bonds. The van der Waals surface area contributed by atoms with E-state index in [9.17, 15) is 4.79 Å². The van der Waals surface area contributed by atoms with Crippen LogP contribution in [-0.2, 0) is 9.53 Å². The van der Waals surface area contributed by atoms with Gasteiger partial charge in [-0.1, -0.05) is 30.3 Å². The van der Waals surface area contributed by atoms with Crippen LogP contribution >= 0.6 is 0 Å². The summed E-state index contributed by atoms with van der Waals surface area (Å²) < 4.78 is 4.53. The fourth-order valence-electron chi connectivity index (χ4n) is 1.36. The Labute approximate surface area is 88.8 Å². The van der Waals surface area contributed by atoms with Gasteiger partial charge in [0.1, 0.15) is 0 Å². The summed E-state index contributed by atoms with van der Waals surface area (Å²) in [6, 6.07) is 9.23. The van der Waals surface area contributed by atoms with Gasteiger partial charge in [-0.3, -0.25) is 4.79 Å². The zero-order valence-electron chi connectivity index (χ0n) is 8.64. The Balaban J connectivity index is 2.53. The van der Waals surface area contributed by atoms with Crippen molar-refractivity contribution in [3.63, 3.8) is 0 Å². The summed E-state index contributed by atoms with van der Waals surface area (Å²) in [6.45, 7) is 0. The van der Waals surface area contributed by atoms with E-state index in [0.717, 1.165) is 5.56 Å². The van der Waals surface area contributed by atoms with E-state index < -0.39 is 0 Å². The molecule has 0 aliphatic carbocycles. The van der Waals surface area contributed by atoms with E-state index >= 15 is 0 Å². The lowest BCUT2D eigenvalue weighted by Gasteiger charge is -2.14. The molecular formula is C11H15NO3. The van der Waals surface area contributed by atoms with Crippen LogP contribution in [0.3, 0.4) is 0 Å². The fourth-order valence-corrected chi connectivity index (χ4v) is 1.36. The Hall–Kier alpha value is -1.39. The molecule has 1 aromatic carbocycles. The molecular weight excluding hydrogens is 194 g/mol. The first-order valence-electron chi connectivity index (χ1n) is 4.79. The van der Waals surface area contributed by atoms with Crippen molar-refractivity contribution in [1.82, 2.24) is 5.48 Å². The van der Waals surface area contributed by atoms with E-state index in [2.05, 4.69) is 10.2 Å². The Bertz CT molecular complexity index is 300. The van der Waals surface area contributed by atoms with Gasteiger partial charge in [0.05, 0.1) is 13.2 Å². The molecule has 15 heavy (non-hydrogen) atoms. The first-order valence-corrected chi connectivity index (χ1v) is 4.79. The molecule has 4 heteroatoms. The predicted molar refractivity (Wildman–Crippen MR) is 55.4 cm³/mol. The minimum absolute atomic E-state index is 0.231. The lowest BCUT2D eigenvalue weighted by atomic mass is 10.0. The van der Waals surface area contributed by atoms with Crippen LogP contribution in [0.25, 0.3) is 0 Å². The molecule has 1 rings (SSSR count). The second-order valence-corrected chi connectivity index (χ2v) is 3.21. The SMILES string of the molecule is COC(=O)CCC(NO)c1ccccc1. The molecule has 1 aromatic rings. The maximum Gasteiger partial charge on any atom is 0.305 e. The monoisotopic (exact) mass is 209 g/mol. The van der Waals surface area contributed by atoms with Gasteiger partial charge in [0.2, 0.25) is 0 Å². The Morgan fingerprint density at radius 1 is 1.47 bits per heavy atom. The topological polar surface area (TPSA) is 58.6 Å². The molecule has 0 aliphatic heterocycles. The number of hydrogen-bond donors (Lipinski definition) is 2. The molecule has 1 atom stereocenters. The second kappa shape index (κ2) is 6.16. The summed E-state index contributed by atoms with van der Waals surface area (Å²) in [7, 11) is 1.35. The number of hydrogen-bond acceptors (Lipinski definition) is 4. The third-order valence-corrected chi connectivity index (χ3v) is 2.22. The Morgan fingerprint density at radius 2 is 2.13 bits per heavy atom. The van der Waals surface area contributed by atoms with Crippen molar-refractivity contribution >= 4 is 5.97 Å². The number of carbonyl (C=O) groups is 1. The van der Waals surface area contributed by atoms with Crippen molar-refractivity contribution in [2.75, 3.05) is 7.11 Å². The number of nitrogens with one attached hydrogen (secondary N) is 1. The van der Waals surface area contributed by atoms with Gasteiger partial charge in [-0.2, -0.15) is 5.48 Å². The van der Waals surface area contributed by atoms with Crippen molar-refractivity contribution < 1.29 is 14.7 Å². The molecule has 0 saturated heterocycles. The highest BCUT2D eigenvalue weighted by molar-refractivity contribution is 5.69. The summed E-state index contributed by atoms with van der Waals surface area (Å²) in [5, 5.41) is 8.96. The Kier molecular flexibility index (Phi) is 4.80. The average Bonchev–Trinajstić information content (AvgIpc) is 2.31. The van der Waals surface area contributed by atoms with Crippen LogP contribution in [-0.4, -0.2) is 18.3 Å². The molecule has 0 aromatic heterocycles. The molecule has 2 N–H and O–H groups in total. The molecule has 0 aliphatic rings. The van der Waals surface area contributed by atoms with Crippen molar-refractivity contribution in [3.8, 4) is 0 Å². The maximum absolute atomic E-state index is 10.9. The molecule has 1 unspecified atom stereocenters. The zero-order valence-corrected chi connectivity index (χ0v) is 8.64. The van der Waals surface area contributed by atoms with E-state index in [4.69, 9.17) is 5.21 Å². The number of carbonyl (C=O) groups excluding carboxylic acids is 1. The van der Waals surface area contributed by atoms with Gasteiger partial charge in [-0.05, 0) is 12.0 Å². The van der Waals surface area contributed by atoms with Gasteiger partial charge in [-0.25, -0.2) is 0 Å². The summed E-state index contributed by atoms with van der Waals surface area (Å²) >= 11 is 0. The number of benzene rings is 1. The minimum atomic E-state index is -0.272. The van der Waals surface area contributed by atoms with E-state index in [-0.39, 0.29) is 18.4 Å². The largest absolute Gasteiger partial charge is 0.469 e. The van der Waals surface area contributed by atoms with E-state index in [0.29, 0.717) is 6.42 Å². The normalized spacial score (nSPS) is 12.1. The van der Waals surface area contributed by atoms with E-state index in [1.807, 2.05) is 30.3 Å². The highest BCUT2D eigenvalue weighted by Crippen LogP contribution is 2.17. The molecule has 0 spiro atoms. The van der Waals surface area contributed by atoms with Gasteiger partial charge < -0.3 is 9.94 Å². The molecule has 0 heterocycles. The number of rotatable bonds is 5. The lowest BCUT2D eigenvalue weighted by Crippen LogP contribution is -2.18. The van der Waals surface area contributed by atoms with Crippen LogP contribution in [0, 0.1) is 0 Å². The first-order chi connectivity index (χ1) is 7.27. The second-order valence-electron chi connectivity index (χ2n) is 3.21. The van der Waals surface area contributed by atoms with Gasteiger partial charge in [0.15, 0.2) is 0 Å². The molecule has 0 radical (unpaired) electrons. The number of ether oxygens (including phenoxy) is 1. The standard InChI is InChI=1S/C11H15NO3/c1-15-11(13)8-7-10(12-14)9-5-3-2-4-6-9/h2-6,10,12,14H,7-8H2,1H3. The Morgan fingerprint density at radius 3 is 2.67 bits per heavy atom. The minimum Gasteiger partial charge on any atom is -0.469 e. The van der Waals surface area contributed by atoms with Crippen molar-refractivity contribution in [2.45, 2.75) is 18.9 Å². The number of esters is 1. The zero-order chi connectivity index (χ0) is 11.1. The third-order valence-electron chi connectivity index (χ3n) is 2.22.